The van der Waals surface area contributed by atoms with Crippen LogP contribution in [0.2, 0.25) is 0 Å². The molecule has 4 fully saturated rings. The van der Waals surface area contributed by atoms with Crippen LogP contribution in [0, 0.1) is 11.8 Å². The number of aliphatic hydroxyl groups is 8. The van der Waals surface area contributed by atoms with E-state index >= 15 is 0 Å². The van der Waals surface area contributed by atoms with Crippen LogP contribution in [0.15, 0.2) is 36.4 Å². The summed E-state index contributed by atoms with van der Waals surface area (Å²) in [6, 6.07) is 7.86. The number of hydrogen-bond acceptors (Lipinski definition) is 15. The number of allylic oxidation sites excluding steroid dienone is 1. The third-order valence-electron chi connectivity index (χ3n) is 10.2. The number of nitrogens with zero attached hydrogens (tertiary/aromatic N) is 1. The molecule has 4 heterocycles. The van der Waals surface area contributed by atoms with Crippen molar-refractivity contribution in [3.63, 3.8) is 0 Å². The van der Waals surface area contributed by atoms with Crippen molar-refractivity contribution >= 4 is 11.5 Å². The fraction of sp³-hybridized carbons (Fsp3) is 0.719. The van der Waals surface area contributed by atoms with Crippen LogP contribution in [0.25, 0.3) is 0 Å². The van der Waals surface area contributed by atoms with Crippen molar-refractivity contribution in [3.05, 3.63) is 42.0 Å². The Morgan fingerprint density at radius 2 is 1.40 bits per heavy atom. The molecule has 6 rings (SSSR count). The zero-order chi connectivity index (χ0) is 33.5. The first-order valence-corrected chi connectivity index (χ1v) is 16.2. The van der Waals surface area contributed by atoms with Crippen molar-refractivity contribution in [2.45, 2.75) is 98.9 Å². The number of carbonyl (C=O) groups is 1. The molecule has 15 heteroatoms. The third kappa shape index (κ3) is 6.75. The number of hydrogen-bond donors (Lipinski definition) is 8. The van der Waals surface area contributed by atoms with Crippen molar-refractivity contribution in [3.8, 4) is 0 Å². The van der Waals surface area contributed by atoms with Gasteiger partial charge in [-0.05, 0) is 42.7 Å². The molecule has 0 radical (unpaired) electrons. The zero-order valence-electron chi connectivity index (χ0n) is 25.8. The van der Waals surface area contributed by atoms with Gasteiger partial charge < -0.3 is 69.4 Å². The topological polar surface area (TPSA) is 228 Å². The number of aliphatic hydroxyl groups excluding tert-OH is 8. The molecule has 4 aliphatic heterocycles. The maximum Gasteiger partial charge on any atom is 0.186 e. The predicted octanol–water partition coefficient (Wildman–Crippen LogP) is -2.68. The SMILES string of the molecule is O=C1C=CC2(CCOC3OC(CO)C(O)C(O)C3O)OC3C(CCN3c3ccc(CCOC4OC(CO)C(O)C(O)C4O)cc3)C2C1. The minimum Gasteiger partial charge on any atom is -0.394 e. The highest BCUT2D eigenvalue weighted by molar-refractivity contribution is 5.91. The van der Waals surface area contributed by atoms with E-state index in [0.29, 0.717) is 19.3 Å². The van der Waals surface area contributed by atoms with E-state index in [0.717, 1.165) is 24.2 Å². The van der Waals surface area contributed by atoms with Crippen molar-refractivity contribution in [2.24, 2.45) is 11.8 Å². The number of ketones is 1. The summed E-state index contributed by atoms with van der Waals surface area (Å²) in [7, 11) is 0. The van der Waals surface area contributed by atoms with E-state index in [-0.39, 0.29) is 37.1 Å². The van der Waals surface area contributed by atoms with Crippen molar-refractivity contribution in [2.75, 3.05) is 37.9 Å². The summed E-state index contributed by atoms with van der Waals surface area (Å²) < 4.78 is 29.0. The fourth-order valence-electron chi connectivity index (χ4n) is 7.52. The first-order valence-electron chi connectivity index (χ1n) is 16.2. The van der Waals surface area contributed by atoms with Crippen LogP contribution in [-0.4, -0.2) is 153 Å². The second-order valence-electron chi connectivity index (χ2n) is 13.0. The average molecular weight is 668 g/mol. The van der Waals surface area contributed by atoms with Crippen LogP contribution in [0.4, 0.5) is 5.69 Å². The van der Waals surface area contributed by atoms with E-state index < -0.39 is 80.2 Å². The van der Waals surface area contributed by atoms with Gasteiger partial charge in [-0.15, -0.1) is 0 Å². The van der Waals surface area contributed by atoms with Crippen molar-refractivity contribution in [1.29, 1.82) is 0 Å². The minimum absolute atomic E-state index is 0.0264. The predicted molar refractivity (Wildman–Crippen MR) is 160 cm³/mol. The minimum atomic E-state index is -1.54. The molecule has 0 amide bonds. The monoisotopic (exact) mass is 667 g/mol. The lowest BCUT2D eigenvalue weighted by Gasteiger charge is -2.40. The van der Waals surface area contributed by atoms with Gasteiger partial charge in [0.05, 0.1) is 32.0 Å². The lowest BCUT2D eigenvalue weighted by Crippen LogP contribution is -2.59. The average Bonchev–Trinajstić information content (AvgIpc) is 3.62. The first-order chi connectivity index (χ1) is 22.6. The Hall–Kier alpha value is -2.09. The highest BCUT2D eigenvalue weighted by Gasteiger charge is 2.58. The molecule has 4 saturated heterocycles. The van der Waals surface area contributed by atoms with Gasteiger partial charge in [0.15, 0.2) is 18.4 Å². The van der Waals surface area contributed by atoms with Crippen LogP contribution in [0.5, 0.6) is 0 Å². The quantitative estimate of drug-likeness (QED) is 0.120. The molecule has 1 aromatic rings. The molecule has 8 N–H and O–H groups in total. The van der Waals surface area contributed by atoms with Crippen LogP contribution >= 0.6 is 0 Å². The fourth-order valence-corrected chi connectivity index (χ4v) is 7.52. The third-order valence-corrected chi connectivity index (χ3v) is 10.2. The van der Waals surface area contributed by atoms with E-state index in [2.05, 4.69) is 4.90 Å². The molecule has 262 valence electrons. The van der Waals surface area contributed by atoms with Gasteiger partial charge in [0.2, 0.25) is 0 Å². The standard InChI is InChI=1S/C32H45NO14/c34-14-21-23(37)25(39)27(41)30(45-21)43-11-7-16-1-3-17(4-2-16)33-10-6-19-20-13-18(36)5-8-32(20,47-29(19)33)9-12-44-31-28(42)26(40)24(38)22(15-35)46-31/h1-5,8,19-31,34-35,37-42H,6-7,9-15H2. The van der Waals surface area contributed by atoms with Crippen LogP contribution in [0.1, 0.15) is 24.8 Å². The van der Waals surface area contributed by atoms with Gasteiger partial charge in [-0.1, -0.05) is 12.1 Å². The Kier molecular flexibility index (Phi) is 10.7. The Bertz CT molecular complexity index is 1250. The van der Waals surface area contributed by atoms with Crippen LogP contribution in [0.3, 0.4) is 0 Å². The highest BCUT2D eigenvalue weighted by atomic mass is 16.7. The lowest BCUT2D eigenvalue weighted by molar-refractivity contribution is -0.302. The van der Waals surface area contributed by atoms with Gasteiger partial charge in [-0.2, -0.15) is 0 Å². The second-order valence-corrected chi connectivity index (χ2v) is 13.0. The van der Waals surface area contributed by atoms with Crippen LogP contribution < -0.4 is 4.90 Å². The largest absolute Gasteiger partial charge is 0.394 e. The van der Waals surface area contributed by atoms with Gasteiger partial charge in [-0.3, -0.25) is 4.79 Å². The van der Waals surface area contributed by atoms with Gasteiger partial charge in [0.25, 0.3) is 0 Å². The van der Waals surface area contributed by atoms with E-state index in [1.807, 2.05) is 24.3 Å². The number of benzene rings is 1. The number of fused-ring (bicyclic) bond motifs is 3. The normalized spacial score (nSPS) is 43.3. The molecular weight excluding hydrogens is 622 g/mol. The summed E-state index contributed by atoms with van der Waals surface area (Å²) in [5.41, 5.74) is 1.10. The van der Waals surface area contributed by atoms with Gasteiger partial charge >= 0.3 is 0 Å². The summed E-state index contributed by atoms with van der Waals surface area (Å²) in [5, 5.41) is 79.5. The Balaban J connectivity index is 1.06. The van der Waals surface area contributed by atoms with Gasteiger partial charge in [0.1, 0.15) is 55.1 Å². The van der Waals surface area contributed by atoms with E-state index in [1.54, 1.807) is 6.08 Å². The Labute approximate surface area is 271 Å². The van der Waals surface area contributed by atoms with Crippen molar-refractivity contribution in [1.82, 2.24) is 0 Å². The van der Waals surface area contributed by atoms with Gasteiger partial charge in [-0.25, -0.2) is 0 Å². The molecule has 15 nitrogen and oxygen atoms in total. The zero-order valence-corrected chi connectivity index (χ0v) is 25.8. The summed E-state index contributed by atoms with van der Waals surface area (Å²) in [6.45, 7) is -0.118. The van der Waals surface area contributed by atoms with E-state index in [9.17, 15) is 45.6 Å². The molecule has 0 aromatic heterocycles. The summed E-state index contributed by atoms with van der Waals surface area (Å²) in [4.78, 5) is 14.7. The smallest absolute Gasteiger partial charge is 0.186 e. The Morgan fingerprint density at radius 1 is 0.809 bits per heavy atom. The maximum absolute atomic E-state index is 12.5. The Morgan fingerprint density at radius 3 is 2.00 bits per heavy atom. The summed E-state index contributed by atoms with van der Waals surface area (Å²) >= 11 is 0. The van der Waals surface area contributed by atoms with E-state index in [1.165, 1.54) is 6.08 Å². The first kappa shape index (κ1) is 34.8. The molecular formula is C32H45NO14. The molecule has 14 atom stereocenters. The van der Waals surface area contributed by atoms with E-state index in [4.69, 9.17) is 23.7 Å². The number of carbonyl (C=O) groups excluding carboxylic acids is 1. The molecule has 47 heavy (non-hydrogen) atoms. The molecule has 14 unspecified atom stereocenters. The number of ether oxygens (including phenoxy) is 5. The molecule has 1 aliphatic carbocycles. The molecule has 0 saturated carbocycles. The summed E-state index contributed by atoms with van der Waals surface area (Å²) in [6.07, 6.45) is -8.46. The van der Waals surface area contributed by atoms with Gasteiger partial charge in [0, 0.05) is 36.9 Å². The molecule has 0 bridgehead atoms. The lowest BCUT2D eigenvalue weighted by atomic mass is 9.72. The number of rotatable bonds is 11. The molecule has 0 spiro atoms. The second kappa shape index (κ2) is 14.4. The van der Waals surface area contributed by atoms with Crippen LogP contribution in [-0.2, 0) is 34.9 Å². The summed E-state index contributed by atoms with van der Waals surface area (Å²) in [5.74, 6) is 0.0217. The maximum atomic E-state index is 12.5. The van der Waals surface area contributed by atoms with Crippen molar-refractivity contribution < 1.29 is 69.3 Å². The molecule has 1 aromatic carbocycles. The highest BCUT2D eigenvalue weighted by Crippen LogP contribution is 2.53. The molecule has 5 aliphatic rings. The number of anilines is 1.